The van der Waals surface area contributed by atoms with E-state index in [0.717, 1.165) is 29.8 Å². The van der Waals surface area contributed by atoms with E-state index >= 15 is 0 Å². The molecule has 0 aliphatic carbocycles. The maximum absolute atomic E-state index is 13.9. The summed E-state index contributed by atoms with van der Waals surface area (Å²) in [7, 11) is 0. The van der Waals surface area contributed by atoms with E-state index in [1.807, 2.05) is 55.5 Å². The standard InChI is InChI=1S/C31H31ClN4O4S3/c1-4-5-6-9-16-40-22-14-12-20(13-15-22)25-24(26(37)28-18(2)33-19(3)42-28)27(38)29(39)36(25)30-34-35-31(43-30)41-17-21-10-7-8-11-23(21)32/h7-8,10-15,25,38H,4-6,9,16-17H2,1-3H3. The lowest BCUT2D eigenvalue weighted by Crippen LogP contribution is -2.31. The number of hydrogen-bond acceptors (Lipinski definition) is 10. The first-order valence-electron chi connectivity index (χ1n) is 14.0. The van der Waals surface area contributed by atoms with Gasteiger partial charge in [0.1, 0.15) is 5.75 Å². The van der Waals surface area contributed by atoms with E-state index in [1.54, 1.807) is 6.92 Å². The highest BCUT2D eigenvalue weighted by Crippen LogP contribution is 2.45. The van der Waals surface area contributed by atoms with Gasteiger partial charge in [0.2, 0.25) is 10.9 Å². The number of Topliss-reactive ketones (excluding diaryl/α,β-unsaturated/α-hetero) is 1. The molecule has 0 saturated heterocycles. The van der Waals surface area contributed by atoms with Gasteiger partial charge in [-0.3, -0.25) is 14.5 Å². The van der Waals surface area contributed by atoms with Crippen LogP contribution >= 0.6 is 46.0 Å². The Hall–Kier alpha value is -3.25. The molecule has 224 valence electrons. The van der Waals surface area contributed by atoms with Crippen LogP contribution in [0.2, 0.25) is 5.02 Å². The van der Waals surface area contributed by atoms with E-state index in [-0.39, 0.29) is 10.7 Å². The first kappa shape index (κ1) is 31.2. The first-order chi connectivity index (χ1) is 20.8. The maximum Gasteiger partial charge on any atom is 0.296 e. The fourth-order valence-electron chi connectivity index (χ4n) is 4.79. The van der Waals surface area contributed by atoms with Gasteiger partial charge in [-0.25, -0.2) is 4.98 Å². The number of aromatic nitrogens is 3. The molecule has 1 aliphatic heterocycles. The van der Waals surface area contributed by atoms with Crippen molar-refractivity contribution in [3.05, 3.63) is 91.6 Å². The molecule has 1 amide bonds. The Bertz CT molecular complexity index is 1650. The van der Waals surface area contributed by atoms with Crippen LogP contribution in [0, 0.1) is 13.8 Å². The molecular formula is C31H31ClN4O4S3. The summed E-state index contributed by atoms with van der Waals surface area (Å²) in [6.07, 6.45) is 4.41. The van der Waals surface area contributed by atoms with E-state index < -0.39 is 23.5 Å². The molecule has 3 heterocycles. The topological polar surface area (TPSA) is 106 Å². The molecule has 1 atom stereocenters. The highest BCUT2D eigenvalue weighted by molar-refractivity contribution is 8.00. The van der Waals surface area contributed by atoms with Crippen molar-refractivity contribution in [3.8, 4) is 5.75 Å². The summed E-state index contributed by atoms with van der Waals surface area (Å²) >= 11 is 10.2. The number of amides is 1. The number of anilines is 1. The van der Waals surface area contributed by atoms with E-state index in [2.05, 4.69) is 22.1 Å². The number of aliphatic hydroxyl groups excluding tert-OH is 1. The van der Waals surface area contributed by atoms with Crippen molar-refractivity contribution in [3.63, 3.8) is 0 Å². The van der Waals surface area contributed by atoms with Gasteiger partial charge >= 0.3 is 0 Å². The molecule has 43 heavy (non-hydrogen) atoms. The Morgan fingerprint density at radius 2 is 1.84 bits per heavy atom. The second-order valence-electron chi connectivity index (χ2n) is 10.0. The lowest BCUT2D eigenvalue weighted by Gasteiger charge is -2.24. The maximum atomic E-state index is 13.9. The minimum Gasteiger partial charge on any atom is -0.503 e. The van der Waals surface area contributed by atoms with Gasteiger partial charge in [-0.05, 0) is 49.6 Å². The zero-order valence-corrected chi connectivity index (χ0v) is 27.2. The molecule has 0 fully saturated rings. The van der Waals surface area contributed by atoms with Gasteiger partial charge in [0, 0.05) is 10.8 Å². The normalized spacial score (nSPS) is 15.0. The third-order valence-electron chi connectivity index (χ3n) is 6.94. The highest BCUT2D eigenvalue weighted by Gasteiger charge is 2.46. The van der Waals surface area contributed by atoms with Crippen LogP contribution in [0.5, 0.6) is 5.75 Å². The number of thiazole rings is 1. The molecule has 0 saturated carbocycles. The number of benzene rings is 2. The predicted octanol–water partition coefficient (Wildman–Crippen LogP) is 8.30. The third-order valence-corrected chi connectivity index (χ3v) is 10.5. The van der Waals surface area contributed by atoms with Gasteiger partial charge in [0.15, 0.2) is 10.1 Å². The number of ether oxygens (including phenoxy) is 1. The Morgan fingerprint density at radius 1 is 1.07 bits per heavy atom. The van der Waals surface area contributed by atoms with Crippen molar-refractivity contribution < 1.29 is 19.4 Å². The number of ketones is 1. The van der Waals surface area contributed by atoms with Crippen LogP contribution in [-0.4, -0.2) is 38.6 Å². The lowest BCUT2D eigenvalue weighted by molar-refractivity contribution is -0.117. The zero-order valence-electron chi connectivity index (χ0n) is 24.0. The van der Waals surface area contributed by atoms with E-state index in [4.69, 9.17) is 16.3 Å². The van der Waals surface area contributed by atoms with Crippen molar-refractivity contribution in [1.29, 1.82) is 0 Å². The van der Waals surface area contributed by atoms with Gasteiger partial charge in [-0.1, -0.05) is 91.2 Å². The number of rotatable bonds is 13. The van der Waals surface area contributed by atoms with Gasteiger partial charge in [-0.2, -0.15) is 0 Å². The average molecular weight is 655 g/mol. The molecule has 8 nitrogen and oxygen atoms in total. The molecule has 0 spiro atoms. The zero-order chi connectivity index (χ0) is 30.5. The SMILES string of the molecule is CCCCCCOc1ccc(C2C(C(=O)c3sc(C)nc3C)=C(O)C(=O)N2c2nnc(SCc3ccccc3Cl)s2)cc1. The number of carbonyl (C=O) groups excluding carboxylic acids is 2. The quantitative estimate of drug-likeness (QED) is 0.0664. The van der Waals surface area contributed by atoms with E-state index in [1.165, 1.54) is 45.8 Å². The summed E-state index contributed by atoms with van der Waals surface area (Å²) in [5, 5.41) is 21.4. The fourth-order valence-corrected chi connectivity index (χ4v) is 7.82. The molecule has 4 aromatic rings. The van der Waals surface area contributed by atoms with Crippen LogP contribution in [0.3, 0.4) is 0 Å². The van der Waals surface area contributed by atoms with Gasteiger partial charge in [0.25, 0.3) is 5.91 Å². The van der Waals surface area contributed by atoms with E-state index in [9.17, 15) is 14.7 Å². The van der Waals surface area contributed by atoms with Crippen LogP contribution in [0.15, 0.2) is 64.2 Å². The van der Waals surface area contributed by atoms with Crippen LogP contribution in [0.4, 0.5) is 5.13 Å². The molecule has 1 N–H and O–H groups in total. The van der Waals surface area contributed by atoms with E-state index in [0.29, 0.717) is 43.6 Å². The molecule has 2 aromatic heterocycles. The number of unbranched alkanes of at least 4 members (excludes halogenated alkanes) is 3. The summed E-state index contributed by atoms with van der Waals surface area (Å²) in [5.41, 5.74) is 2.14. The minimum atomic E-state index is -0.908. The average Bonchev–Trinajstić information content (AvgIpc) is 3.68. The second-order valence-corrected chi connectivity index (χ2v) is 13.8. The Morgan fingerprint density at radius 3 is 2.53 bits per heavy atom. The van der Waals surface area contributed by atoms with Crippen LogP contribution in [0.1, 0.15) is 70.1 Å². The first-order valence-corrected chi connectivity index (χ1v) is 17.0. The molecule has 1 aliphatic rings. The van der Waals surface area contributed by atoms with Gasteiger partial charge in [0.05, 0.1) is 33.8 Å². The van der Waals surface area contributed by atoms with Crippen molar-refractivity contribution in [1.82, 2.24) is 15.2 Å². The Balaban J connectivity index is 1.44. The number of nitrogens with zero attached hydrogens (tertiary/aromatic N) is 4. The van der Waals surface area contributed by atoms with Crippen LogP contribution in [0.25, 0.3) is 0 Å². The van der Waals surface area contributed by atoms with Crippen molar-refractivity contribution in [2.45, 2.75) is 62.6 Å². The number of halogens is 1. The molecule has 2 aromatic carbocycles. The summed E-state index contributed by atoms with van der Waals surface area (Å²) < 4.78 is 6.54. The molecule has 5 rings (SSSR count). The third kappa shape index (κ3) is 6.95. The molecular weight excluding hydrogens is 624 g/mol. The fraction of sp³-hybridized carbons (Fsp3) is 0.323. The molecule has 0 bridgehead atoms. The van der Waals surface area contributed by atoms with Crippen molar-refractivity contribution in [2.24, 2.45) is 0 Å². The second kappa shape index (κ2) is 14.0. The smallest absolute Gasteiger partial charge is 0.296 e. The molecule has 12 heteroatoms. The number of hydrogen-bond donors (Lipinski definition) is 1. The van der Waals surface area contributed by atoms with Crippen molar-refractivity contribution in [2.75, 3.05) is 11.5 Å². The minimum absolute atomic E-state index is 0.00884. The summed E-state index contributed by atoms with van der Waals surface area (Å²) in [6.45, 7) is 6.34. The summed E-state index contributed by atoms with van der Waals surface area (Å²) in [4.78, 5) is 33.6. The Kier molecular flexibility index (Phi) is 10.2. The Labute approximate surface area is 267 Å². The van der Waals surface area contributed by atoms with Crippen LogP contribution < -0.4 is 9.64 Å². The number of carbonyl (C=O) groups is 2. The summed E-state index contributed by atoms with van der Waals surface area (Å²) in [5.74, 6) is -0.474. The van der Waals surface area contributed by atoms with Crippen LogP contribution in [-0.2, 0) is 10.5 Å². The molecule has 0 radical (unpaired) electrons. The number of aliphatic hydroxyl groups is 1. The molecule has 1 unspecified atom stereocenters. The lowest BCUT2D eigenvalue weighted by atomic mass is 9.95. The van der Waals surface area contributed by atoms with Crippen molar-refractivity contribution >= 4 is 62.9 Å². The van der Waals surface area contributed by atoms with Gasteiger partial charge in [-0.15, -0.1) is 21.5 Å². The summed E-state index contributed by atoms with van der Waals surface area (Å²) in [6, 6.07) is 13.9. The highest BCUT2D eigenvalue weighted by atomic mass is 35.5. The monoisotopic (exact) mass is 654 g/mol. The van der Waals surface area contributed by atoms with Gasteiger partial charge < -0.3 is 9.84 Å². The number of aryl methyl sites for hydroxylation is 2. The predicted molar refractivity (Wildman–Crippen MR) is 173 cm³/mol. The largest absolute Gasteiger partial charge is 0.503 e. The number of thioether (sulfide) groups is 1.